The summed E-state index contributed by atoms with van der Waals surface area (Å²) in [6.07, 6.45) is 0. The molecule has 3 N–H and O–H groups in total. The van der Waals surface area contributed by atoms with Crippen LogP contribution in [0.5, 0.6) is 5.75 Å². The molecule has 0 saturated carbocycles. The van der Waals surface area contributed by atoms with Crippen LogP contribution in [0.15, 0.2) is 40.9 Å². The molecule has 0 aliphatic heterocycles. The van der Waals surface area contributed by atoms with Crippen molar-refractivity contribution in [3.05, 3.63) is 51.5 Å². The van der Waals surface area contributed by atoms with Crippen LogP contribution in [0.3, 0.4) is 0 Å². The molecule has 0 aliphatic rings. The van der Waals surface area contributed by atoms with Gasteiger partial charge in [0.2, 0.25) is 0 Å². The molecule has 2 rings (SSSR count). The van der Waals surface area contributed by atoms with Gasteiger partial charge in [0, 0.05) is 15.8 Å². The van der Waals surface area contributed by atoms with Gasteiger partial charge < -0.3 is 15.8 Å². The molecule has 1 amide bonds. The molecule has 0 unspecified atom stereocenters. The van der Waals surface area contributed by atoms with Crippen LogP contribution in [0, 0.1) is 6.92 Å². The van der Waals surface area contributed by atoms with Gasteiger partial charge in [-0.25, -0.2) is 0 Å². The van der Waals surface area contributed by atoms with Crippen LogP contribution >= 0.6 is 27.5 Å². The lowest BCUT2D eigenvalue weighted by Gasteiger charge is -2.11. The first-order valence-electron chi connectivity index (χ1n) is 6.19. The number of anilines is 2. The van der Waals surface area contributed by atoms with E-state index < -0.39 is 0 Å². The van der Waals surface area contributed by atoms with Crippen LogP contribution in [0.4, 0.5) is 11.4 Å². The molecule has 0 bridgehead atoms. The van der Waals surface area contributed by atoms with E-state index in [1.54, 1.807) is 36.4 Å². The molecular formula is C15H14BrClN2O2. The smallest absolute Gasteiger partial charge is 0.262 e. The van der Waals surface area contributed by atoms with Gasteiger partial charge >= 0.3 is 0 Å². The third-order valence-corrected chi connectivity index (χ3v) is 3.57. The summed E-state index contributed by atoms with van der Waals surface area (Å²) in [6, 6.07) is 10.5. The first-order chi connectivity index (χ1) is 9.95. The number of nitrogens with one attached hydrogen (secondary N) is 1. The zero-order valence-electron chi connectivity index (χ0n) is 11.3. The van der Waals surface area contributed by atoms with Gasteiger partial charge in [0.1, 0.15) is 5.75 Å². The van der Waals surface area contributed by atoms with Crippen molar-refractivity contribution < 1.29 is 9.53 Å². The highest BCUT2D eigenvalue weighted by Gasteiger charge is 2.08. The van der Waals surface area contributed by atoms with Gasteiger partial charge in [-0.05, 0) is 48.9 Å². The Morgan fingerprint density at radius 3 is 2.76 bits per heavy atom. The number of rotatable bonds is 4. The van der Waals surface area contributed by atoms with Crippen LogP contribution in [0.1, 0.15) is 5.56 Å². The molecule has 0 aliphatic carbocycles. The van der Waals surface area contributed by atoms with Gasteiger partial charge in [-0.2, -0.15) is 0 Å². The van der Waals surface area contributed by atoms with Gasteiger partial charge in [-0.15, -0.1) is 0 Å². The predicted molar refractivity (Wildman–Crippen MR) is 88.9 cm³/mol. The van der Waals surface area contributed by atoms with Gasteiger partial charge in [-0.3, -0.25) is 4.79 Å². The molecule has 110 valence electrons. The Morgan fingerprint density at radius 2 is 2.10 bits per heavy atom. The molecule has 0 spiro atoms. The molecule has 0 saturated heterocycles. The number of nitrogens with two attached hydrogens (primary N) is 1. The lowest BCUT2D eigenvalue weighted by atomic mass is 10.2. The fraction of sp³-hybridized carbons (Fsp3) is 0.133. The highest BCUT2D eigenvalue weighted by Crippen LogP contribution is 2.27. The van der Waals surface area contributed by atoms with E-state index in [1.165, 1.54) is 0 Å². The van der Waals surface area contributed by atoms with E-state index in [2.05, 4.69) is 21.2 Å². The summed E-state index contributed by atoms with van der Waals surface area (Å²) in [7, 11) is 0. The predicted octanol–water partition coefficient (Wildman–Crippen LogP) is 4.01. The molecule has 0 heterocycles. The zero-order valence-corrected chi connectivity index (χ0v) is 13.7. The fourth-order valence-electron chi connectivity index (χ4n) is 1.75. The highest BCUT2D eigenvalue weighted by atomic mass is 79.9. The van der Waals surface area contributed by atoms with Crippen LogP contribution < -0.4 is 15.8 Å². The molecule has 4 nitrogen and oxygen atoms in total. The topological polar surface area (TPSA) is 64.3 Å². The van der Waals surface area contributed by atoms with Gasteiger partial charge in [-0.1, -0.05) is 27.5 Å². The van der Waals surface area contributed by atoms with Crippen LogP contribution in [-0.2, 0) is 4.79 Å². The maximum Gasteiger partial charge on any atom is 0.262 e. The molecule has 2 aromatic carbocycles. The number of carbonyl (C=O) groups excluding carboxylic acids is 1. The van der Waals surface area contributed by atoms with Crippen molar-refractivity contribution >= 4 is 44.8 Å². The van der Waals surface area contributed by atoms with E-state index in [1.807, 2.05) is 6.92 Å². The number of aryl methyl sites for hydroxylation is 1. The minimum atomic E-state index is -0.262. The lowest BCUT2D eigenvalue weighted by molar-refractivity contribution is -0.118. The summed E-state index contributed by atoms with van der Waals surface area (Å²) in [6.45, 7) is 1.75. The second-order valence-corrected chi connectivity index (χ2v) is 5.81. The highest BCUT2D eigenvalue weighted by molar-refractivity contribution is 9.10. The summed E-state index contributed by atoms with van der Waals surface area (Å²) in [5, 5.41) is 3.21. The van der Waals surface area contributed by atoms with Crippen molar-refractivity contribution in [3.8, 4) is 5.75 Å². The van der Waals surface area contributed by atoms with Crippen molar-refractivity contribution in [3.63, 3.8) is 0 Å². The Labute approximate surface area is 136 Å². The number of benzene rings is 2. The van der Waals surface area contributed by atoms with Gasteiger partial charge in [0.25, 0.3) is 5.91 Å². The molecule has 21 heavy (non-hydrogen) atoms. The van der Waals surface area contributed by atoms with Crippen molar-refractivity contribution in [2.24, 2.45) is 0 Å². The van der Waals surface area contributed by atoms with Crippen molar-refractivity contribution in [2.75, 3.05) is 17.7 Å². The summed E-state index contributed by atoms with van der Waals surface area (Å²) in [5.41, 5.74) is 7.92. The summed E-state index contributed by atoms with van der Waals surface area (Å²) < 4.78 is 6.25. The number of amides is 1. The van der Waals surface area contributed by atoms with Gasteiger partial charge in [0.05, 0.1) is 5.02 Å². The van der Waals surface area contributed by atoms with Crippen LogP contribution in [0.25, 0.3) is 0 Å². The minimum absolute atomic E-state index is 0.120. The normalized spacial score (nSPS) is 10.2. The monoisotopic (exact) mass is 368 g/mol. The van der Waals surface area contributed by atoms with Crippen LogP contribution in [-0.4, -0.2) is 12.5 Å². The summed E-state index contributed by atoms with van der Waals surface area (Å²) >= 11 is 9.32. The van der Waals surface area contributed by atoms with Crippen LogP contribution in [0.2, 0.25) is 5.02 Å². The Kier molecular flexibility index (Phi) is 5.09. The Bertz CT molecular complexity index is 677. The molecule has 6 heteroatoms. The average molecular weight is 370 g/mol. The molecular weight excluding hydrogens is 356 g/mol. The maximum absolute atomic E-state index is 11.9. The fourth-order valence-corrected chi connectivity index (χ4v) is 2.48. The summed E-state index contributed by atoms with van der Waals surface area (Å²) in [5.74, 6) is 0.200. The molecule has 0 fully saturated rings. The molecule has 0 radical (unpaired) electrons. The minimum Gasteiger partial charge on any atom is -0.482 e. The third kappa shape index (κ3) is 4.37. The van der Waals surface area contributed by atoms with E-state index in [9.17, 15) is 4.79 Å². The van der Waals surface area contributed by atoms with Crippen molar-refractivity contribution in [2.45, 2.75) is 6.92 Å². The number of hydrogen-bond acceptors (Lipinski definition) is 3. The second kappa shape index (κ2) is 6.83. The molecule has 0 aromatic heterocycles. The van der Waals surface area contributed by atoms with Gasteiger partial charge in [0.15, 0.2) is 6.61 Å². The number of halogens is 2. The zero-order chi connectivity index (χ0) is 15.4. The Balaban J connectivity index is 1.96. The standard InChI is InChI=1S/C15H14BrClN2O2/c1-9-6-11(18)3-4-13(9)19-15(20)8-21-14-5-2-10(16)7-12(14)17/h2-7H,8,18H2,1H3,(H,19,20). The number of nitrogen functional groups attached to an aromatic ring is 1. The average Bonchev–Trinajstić information content (AvgIpc) is 2.41. The third-order valence-electron chi connectivity index (χ3n) is 2.78. The quantitative estimate of drug-likeness (QED) is 0.800. The van der Waals surface area contributed by atoms with E-state index >= 15 is 0 Å². The van der Waals surface area contributed by atoms with E-state index in [0.717, 1.165) is 10.0 Å². The maximum atomic E-state index is 11.9. The van der Waals surface area contributed by atoms with E-state index in [-0.39, 0.29) is 12.5 Å². The Morgan fingerprint density at radius 1 is 1.33 bits per heavy atom. The summed E-state index contributed by atoms with van der Waals surface area (Å²) in [4.78, 5) is 11.9. The van der Waals surface area contributed by atoms with Crippen molar-refractivity contribution in [1.29, 1.82) is 0 Å². The lowest BCUT2D eigenvalue weighted by Crippen LogP contribution is -2.20. The van der Waals surface area contributed by atoms with E-state index in [0.29, 0.717) is 22.1 Å². The Hall–Kier alpha value is -1.72. The number of ether oxygens (including phenoxy) is 1. The largest absolute Gasteiger partial charge is 0.482 e. The van der Waals surface area contributed by atoms with E-state index in [4.69, 9.17) is 22.1 Å². The first kappa shape index (κ1) is 15.7. The number of hydrogen-bond donors (Lipinski definition) is 2. The first-order valence-corrected chi connectivity index (χ1v) is 7.36. The second-order valence-electron chi connectivity index (χ2n) is 4.49. The number of carbonyl (C=O) groups is 1. The van der Waals surface area contributed by atoms with Crippen molar-refractivity contribution in [1.82, 2.24) is 0 Å². The SMILES string of the molecule is Cc1cc(N)ccc1NC(=O)COc1ccc(Br)cc1Cl. The molecule has 2 aromatic rings. The molecule has 0 atom stereocenters.